The summed E-state index contributed by atoms with van der Waals surface area (Å²) < 4.78 is 16.4. The summed E-state index contributed by atoms with van der Waals surface area (Å²) in [6.07, 6.45) is 0.915. The molecule has 0 radical (unpaired) electrons. The lowest BCUT2D eigenvalue weighted by molar-refractivity contribution is -0.210. The maximum absolute atomic E-state index is 10.4. The number of hydrogen-bond donors (Lipinski definition) is 1. The molecule has 0 saturated carbocycles. The zero-order valence-corrected chi connectivity index (χ0v) is 8.78. The second kappa shape index (κ2) is 3.45. The maximum atomic E-state index is 10.4. The molecule has 3 atom stereocenters. The molecule has 0 amide bonds. The Morgan fingerprint density at radius 2 is 2.36 bits per heavy atom. The highest BCUT2D eigenvalue weighted by Gasteiger charge is 2.57. The first-order chi connectivity index (χ1) is 6.60. The van der Waals surface area contributed by atoms with Gasteiger partial charge in [0, 0.05) is 13.0 Å². The van der Waals surface area contributed by atoms with Gasteiger partial charge in [0.2, 0.25) is 0 Å². The van der Waals surface area contributed by atoms with E-state index in [1.54, 1.807) is 0 Å². The summed E-state index contributed by atoms with van der Waals surface area (Å²) >= 11 is 0. The molecule has 4 heteroatoms. The van der Waals surface area contributed by atoms with E-state index in [1.165, 1.54) is 0 Å². The topological polar surface area (TPSA) is 47.9 Å². The molecule has 0 spiro atoms. The van der Waals surface area contributed by atoms with E-state index in [0.29, 0.717) is 19.8 Å². The van der Waals surface area contributed by atoms with Gasteiger partial charge in [0.15, 0.2) is 0 Å². The van der Waals surface area contributed by atoms with Gasteiger partial charge >= 0.3 is 0 Å². The number of hydrogen-bond acceptors (Lipinski definition) is 4. The molecule has 14 heavy (non-hydrogen) atoms. The van der Waals surface area contributed by atoms with Crippen LogP contribution >= 0.6 is 0 Å². The summed E-state index contributed by atoms with van der Waals surface area (Å²) in [5.41, 5.74) is -1.49. The molecule has 0 aliphatic carbocycles. The van der Waals surface area contributed by atoms with Crippen molar-refractivity contribution in [1.82, 2.24) is 0 Å². The van der Waals surface area contributed by atoms with Crippen LogP contribution in [0.2, 0.25) is 0 Å². The van der Waals surface area contributed by atoms with Crippen molar-refractivity contribution in [2.75, 3.05) is 26.4 Å². The van der Waals surface area contributed by atoms with Crippen molar-refractivity contribution in [3.8, 4) is 0 Å². The molecule has 2 aliphatic rings. The fourth-order valence-corrected chi connectivity index (χ4v) is 2.13. The molecule has 0 aromatic rings. The van der Waals surface area contributed by atoms with Crippen LogP contribution in [-0.2, 0) is 14.2 Å². The first-order valence-electron chi connectivity index (χ1n) is 5.15. The second-order valence-electron chi connectivity index (χ2n) is 4.35. The minimum Gasteiger partial charge on any atom is -0.382 e. The molecule has 2 saturated heterocycles. The summed E-state index contributed by atoms with van der Waals surface area (Å²) in [5.74, 6) is 0. The molecule has 0 unspecified atom stereocenters. The molecule has 2 aliphatic heterocycles. The van der Waals surface area contributed by atoms with Crippen molar-refractivity contribution in [1.29, 1.82) is 0 Å². The molecule has 1 N–H and O–H groups in total. The SMILES string of the molecule is CCOC[C@]1(O)CO[C@H]2CO[C@]1(C)C2. The number of aliphatic hydroxyl groups is 1. The molecule has 2 rings (SSSR count). The lowest BCUT2D eigenvalue weighted by Crippen LogP contribution is -2.60. The molecule has 2 bridgehead atoms. The summed E-state index contributed by atoms with van der Waals surface area (Å²) in [6, 6.07) is 0. The number of rotatable bonds is 3. The van der Waals surface area contributed by atoms with E-state index < -0.39 is 11.2 Å². The van der Waals surface area contributed by atoms with E-state index in [1.807, 2.05) is 13.8 Å². The van der Waals surface area contributed by atoms with Gasteiger partial charge in [0.05, 0.1) is 25.9 Å². The fraction of sp³-hybridized carbons (Fsp3) is 1.00. The highest BCUT2D eigenvalue weighted by atomic mass is 16.6. The van der Waals surface area contributed by atoms with Gasteiger partial charge in [0.25, 0.3) is 0 Å². The minimum atomic E-state index is -0.990. The molecule has 0 aromatic carbocycles. The average Bonchev–Trinajstić information content (AvgIpc) is 2.51. The van der Waals surface area contributed by atoms with Crippen LogP contribution in [0, 0.1) is 0 Å². The Kier molecular flexibility index (Phi) is 2.55. The molecular formula is C10H18O4. The third kappa shape index (κ3) is 1.46. The largest absolute Gasteiger partial charge is 0.382 e. The van der Waals surface area contributed by atoms with Gasteiger partial charge in [-0.3, -0.25) is 0 Å². The summed E-state index contributed by atoms with van der Waals surface area (Å²) in [6.45, 7) is 5.63. The van der Waals surface area contributed by atoms with Crippen molar-refractivity contribution >= 4 is 0 Å². The Morgan fingerprint density at radius 3 is 3.07 bits per heavy atom. The van der Waals surface area contributed by atoms with E-state index in [0.717, 1.165) is 6.42 Å². The predicted octanol–water partition coefficient (Wildman–Crippen LogP) is 0.332. The Morgan fingerprint density at radius 1 is 1.57 bits per heavy atom. The van der Waals surface area contributed by atoms with E-state index in [2.05, 4.69) is 0 Å². The van der Waals surface area contributed by atoms with E-state index in [-0.39, 0.29) is 12.7 Å². The molecule has 0 aromatic heterocycles. The first kappa shape index (κ1) is 10.4. The highest BCUT2D eigenvalue weighted by molar-refractivity contribution is 5.06. The van der Waals surface area contributed by atoms with Crippen LogP contribution in [0.3, 0.4) is 0 Å². The van der Waals surface area contributed by atoms with Crippen LogP contribution < -0.4 is 0 Å². The molecule has 4 nitrogen and oxygen atoms in total. The predicted molar refractivity (Wildman–Crippen MR) is 50.2 cm³/mol. The summed E-state index contributed by atoms with van der Waals surface area (Å²) in [5, 5.41) is 10.4. The van der Waals surface area contributed by atoms with Gasteiger partial charge < -0.3 is 19.3 Å². The van der Waals surface area contributed by atoms with Crippen LogP contribution in [0.1, 0.15) is 20.3 Å². The summed E-state index contributed by atoms with van der Waals surface area (Å²) in [4.78, 5) is 0. The fourth-order valence-electron chi connectivity index (χ4n) is 2.13. The Labute approximate surface area is 84.1 Å². The van der Waals surface area contributed by atoms with Crippen molar-refractivity contribution in [2.45, 2.75) is 37.6 Å². The van der Waals surface area contributed by atoms with Gasteiger partial charge in [-0.2, -0.15) is 0 Å². The Hall–Kier alpha value is -0.160. The van der Waals surface area contributed by atoms with Gasteiger partial charge in [-0.1, -0.05) is 0 Å². The smallest absolute Gasteiger partial charge is 0.140 e. The van der Waals surface area contributed by atoms with E-state index in [9.17, 15) is 5.11 Å². The zero-order chi connectivity index (χ0) is 10.2. The molecular weight excluding hydrogens is 184 g/mol. The van der Waals surface area contributed by atoms with Crippen LogP contribution in [0.4, 0.5) is 0 Å². The molecule has 82 valence electrons. The van der Waals surface area contributed by atoms with Crippen LogP contribution in [-0.4, -0.2) is 48.8 Å². The van der Waals surface area contributed by atoms with E-state index >= 15 is 0 Å². The quantitative estimate of drug-likeness (QED) is 0.716. The van der Waals surface area contributed by atoms with E-state index in [4.69, 9.17) is 14.2 Å². The lowest BCUT2D eigenvalue weighted by atomic mass is 9.81. The van der Waals surface area contributed by atoms with Gasteiger partial charge in [0.1, 0.15) is 11.2 Å². The van der Waals surface area contributed by atoms with Crippen molar-refractivity contribution < 1.29 is 19.3 Å². The third-order valence-corrected chi connectivity index (χ3v) is 3.29. The normalized spacial score (nSPS) is 46.9. The zero-order valence-electron chi connectivity index (χ0n) is 8.78. The Balaban J connectivity index is 2.09. The first-order valence-corrected chi connectivity index (χ1v) is 5.15. The highest BCUT2D eigenvalue weighted by Crippen LogP contribution is 2.41. The van der Waals surface area contributed by atoms with Crippen molar-refractivity contribution in [3.05, 3.63) is 0 Å². The monoisotopic (exact) mass is 202 g/mol. The van der Waals surface area contributed by atoms with Crippen LogP contribution in [0.5, 0.6) is 0 Å². The van der Waals surface area contributed by atoms with Gasteiger partial charge in [-0.25, -0.2) is 0 Å². The lowest BCUT2D eigenvalue weighted by Gasteiger charge is -2.43. The van der Waals surface area contributed by atoms with Crippen molar-refractivity contribution in [3.63, 3.8) is 0 Å². The van der Waals surface area contributed by atoms with Gasteiger partial charge in [-0.15, -0.1) is 0 Å². The summed E-state index contributed by atoms with van der Waals surface area (Å²) in [7, 11) is 0. The molecule has 2 heterocycles. The standard InChI is InChI=1S/C10H18O4/c1-3-12-6-10(11)7-13-8-4-9(10,2)14-5-8/h8,11H,3-7H2,1-2H3/t8-,9-,10+/m1/s1. The van der Waals surface area contributed by atoms with Crippen LogP contribution in [0.15, 0.2) is 0 Å². The minimum absolute atomic E-state index is 0.155. The van der Waals surface area contributed by atoms with Gasteiger partial charge in [-0.05, 0) is 13.8 Å². The third-order valence-electron chi connectivity index (χ3n) is 3.29. The molecule has 2 fully saturated rings. The maximum Gasteiger partial charge on any atom is 0.140 e. The van der Waals surface area contributed by atoms with Crippen molar-refractivity contribution in [2.24, 2.45) is 0 Å². The second-order valence-corrected chi connectivity index (χ2v) is 4.35. The number of fused-ring (bicyclic) bond motifs is 2. The Bertz CT molecular complexity index is 220. The number of ether oxygens (including phenoxy) is 3. The van der Waals surface area contributed by atoms with Crippen LogP contribution in [0.25, 0.3) is 0 Å². The average molecular weight is 202 g/mol.